The Hall–Kier alpha value is -2.35. The summed E-state index contributed by atoms with van der Waals surface area (Å²) in [6.45, 7) is 7.83. The third kappa shape index (κ3) is 3.84. The van der Waals surface area contributed by atoms with E-state index in [-0.39, 0.29) is 11.8 Å². The number of nitrogens with zero attached hydrogens (tertiary/aromatic N) is 4. The van der Waals surface area contributed by atoms with Gasteiger partial charge in [-0.2, -0.15) is 10.2 Å². The number of rotatable bonds is 6. The number of carbonyl (C=O) groups excluding carboxylic acids is 2. The Morgan fingerprint density at radius 1 is 1.36 bits per heavy atom. The van der Waals surface area contributed by atoms with Crippen molar-refractivity contribution in [1.82, 2.24) is 24.9 Å². The lowest BCUT2D eigenvalue weighted by Gasteiger charge is -2.15. The molecule has 8 nitrogen and oxygen atoms in total. The van der Waals surface area contributed by atoms with Crippen molar-refractivity contribution < 1.29 is 9.59 Å². The topological polar surface area (TPSA) is 93.8 Å². The van der Waals surface area contributed by atoms with Gasteiger partial charge in [-0.1, -0.05) is 18.5 Å². The highest BCUT2D eigenvalue weighted by atomic mass is 35.5. The van der Waals surface area contributed by atoms with Crippen LogP contribution in [0.25, 0.3) is 0 Å². The molecule has 0 bridgehead atoms. The number of aromatic nitrogens is 4. The van der Waals surface area contributed by atoms with Crippen molar-refractivity contribution in [1.29, 1.82) is 0 Å². The van der Waals surface area contributed by atoms with Gasteiger partial charge in [0.2, 0.25) is 5.91 Å². The van der Waals surface area contributed by atoms with Crippen molar-refractivity contribution in [2.75, 3.05) is 11.9 Å². The van der Waals surface area contributed by atoms with Gasteiger partial charge in [0.05, 0.1) is 28.3 Å². The van der Waals surface area contributed by atoms with Gasteiger partial charge in [-0.25, -0.2) is 0 Å². The number of aryl methyl sites for hydroxylation is 2. The monoisotopic (exact) mass is 366 g/mol. The number of anilines is 1. The molecule has 25 heavy (non-hydrogen) atoms. The molecule has 0 aliphatic rings. The molecule has 0 aliphatic heterocycles. The number of amides is 2. The zero-order chi connectivity index (χ0) is 18.7. The zero-order valence-electron chi connectivity index (χ0n) is 15.1. The van der Waals surface area contributed by atoms with Gasteiger partial charge in [-0.3, -0.25) is 19.0 Å². The first kappa shape index (κ1) is 19.0. The van der Waals surface area contributed by atoms with Crippen LogP contribution in [0.15, 0.2) is 6.20 Å². The second kappa shape index (κ2) is 7.69. The first-order valence-corrected chi connectivity index (χ1v) is 8.47. The van der Waals surface area contributed by atoms with Crippen LogP contribution < -0.4 is 10.6 Å². The number of hydrogen-bond acceptors (Lipinski definition) is 4. The first-order chi connectivity index (χ1) is 11.8. The molecule has 2 amide bonds. The maximum atomic E-state index is 12.6. The van der Waals surface area contributed by atoms with Crippen molar-refractivity contribution >= 4 is 29.1 Å². The van der Waals surface area contributed by atoms with Gasteiger partial charge in [0.15, 0.2) is 0 Å². The van der Waals surface area contributed by atoms with E-state index in [1.807, 2.05) is 6.92 Å². The first-order valence-electron chi connectivity index (χ1n) is 8.10. The van der Waals surface area contributed by atoms with Crippen molar-refractivity contribution in [3.8, 4) is 0 Å². The summed E-state index contributed by atoms with van der Waals surface area (Å²) < 4.78 is 3.01. The molecule has 9 heteroatoms. The highest BCUT2D eigenvalue weighted by Crippen LogP contribution is 2.23. The minimum Gasteiger partial charge on any atom is -0.351 e. The molecule has 1 atom stereocenters. The Bertz CT molecular complexity index is 795. The smallest absolute Gasteiger partial charge is 0.271 e. The second-order valence-electron chi connectivity index (χ2n) is 5.88. The summed E-state index contributed by atoms with van der Waals surface area (Å²) in [6.07, 6.45) is 2.28. The fraction of sp³-hybridized carbons (Fsp3) is 0.500. The van der Waals surface area contributed by atoms with Crippen LogP contribution in [0.5, 0.6) is 0 Å². The number of carbonyl (C=O) groups is 2. The molecule has 0 spiro atoms. The summed E-state index contributed by atoms with van der Waals surface area (Å²) >= 11 is 6.14. The molecule has 2 aromatic rings. The molecule has 2 N–H and O–H groups in total. The Morgan fingerprint density at radius 3 is 2.60 bits per heavy atom. The van der Waals surface area contributed by atoms with Gasteiger partial charge in [0.25, 0.3) is 5.91 Å². The van der Waals surface area contributed by atoms with Crippen LogP contribution in [0.1, 0.15) is 48.2 Å². The predicted molar refractivity (Wildman–Crippen MR) is 95.9 cm³/mol. The van der Waals surface area contributed by atoms with Crippen LogP contribution in [0.4, 0.5) is 5.69 Å². The lowest BCUT2D eigenvalue weighted by atomic mass is 10.2. The van der Waals surface area contributed by atoms with Crippen LogP contribution in [-0.2, 0) is 11.8 Å². The fourth-order valence-electron chi connectivity index (χ4n) is 2.49. The summed E-state index contributed by atoms with van der Waals surface area (Å²) in [6, 6.07) is -0.585. The van der Waals surface area contributed by atoms with E-state index in [0.29, 0.717) is 34.3 Å². The van der Waals surface area contributed by atoms with Gasteiger partial charge in [0.1, 0.15) is 11.7 Å². The average Bonchev–Trinajstić information content (AvgIpc) is 3.06. The van der Waals surface area contributed by atoms with Gasteiger partial charge in [0, 0.05) is 13.6 Å². The Labute approximate surface area is 151 Å². The van der Waals surface area contributed by atoms with Gasteiger partial charge >= 0.3 is 0 Å². The molecule has 1 unspecified atom stereocenters. The standard InChI is InChI=1S/C16H23ClN6O2/c1-6-7-18-16(25)14-12(8-19-22(14)5)20-15(24)11(4)23-10(3)13(17)9(2)21-23/h8,11H,6-7H2,1-5H3,(H,18,25)(H,20,24). The van der Waals surface area contributed by atoms with E-state index in [1.54, 1.807) is 32.5 Å². The highest BCUT2D eigenvalue weighted by molar-refractivity contribution is 6.31. The predicted octanol–water partition coefficient (Wildman–Crippen LogP) is 2.23. The second-order valence-corrected chi connectivity index (χ2v) is 6.26. The van der Waals surface area contributed by atoms with E-state index in [2.05, 4.69) is 20.8 Å². The van der Waals surface area contributed by atoms with Crippen LogP contribution in [0.2, 0.25) is 5.02 Å². The van der Waals surface area contributed by atoms with Crippen LogP contribution >= 0.6 is 11.6 Å². The van der Waals surface area contributed by atoms with Gasteiger partial charge < -0.3 is 10.6 Å². The highest BCUT2D eigenvalue weighted by Gasteiger charge is 2.24. The van der Waals surface area contributed by atoms with Crippen molar-refractivity contribution in [2.24, 2.45) is 7.05 Å². The maximum absolute atomic E-state index is 12.6. The Morgan fingerprint density at radius 2 is 2.04 bits per heavy atom. The molecule has 0 saturated carbocycles. The normalized spacial score (nSPS) is 12.1. The van der Waals surface area contributed by atoms with E-state index in [0.717, 1.165) is 6.42 Å². The quantitative estimate of drug-likeness (QED) is 0.819. The largest absolute Gasteiger partial charge is 0.351 e. The maximum Gasteiger partial charge on any atom is 0.271 e. The number of hydrogen-bond donors (Lipinski definition) is 2. The number of nitrogens with one attached hydrogen (secondary N) is 2. The molecule has 0 saturated heterocycles. The molecule has 2 heterocycles. The molecule has 2 rings (SSSR count). The molecular weight excluding hydrogens is 344 g/mol. The molecule has 0 radical (unpaired) electrons. The summed E-state index contributed by atoms with van der Waals surface area (Å²) in [5.41, 5.74) is 2.05. The Balaban J connectivity index is 2.20. The molecule has 0 fully saturated rings. The Kier molecular flexibility index (Phi) is 5.84. The fourth-order valence-corrected chi connectivity index (χ4v) is 2.61. The lowest BCUT2D eigenvalue weighted by molar-refractivity contribution is -0.119. The molecular formula is C16H23ClN6O2. The minimum absolute atomic E-state index is 0.279. The summed E-state index contributed by atoms with van der Waals surface area (Å²) in [4.78, 5) is 24.9. The zero-order valence-corrected chi connectivity index (χ0v) is 15.8. The van der Waals surface area contributed by atoms with Crippen molar-refractivity contribution in [3.63, 3.8) is 0 Å². The average molecular weight is 367 g/mol. The minimum atomic E-state index is -0.585. The van der Waals surface area contributed by atoms with Crippen LogP contribution in [-0.4, -0.2) is 37.9 Å². The van der Waals surface area contributed by atoms with E-state index < -0.39 is 6.04 Å². The summed E-state index contributed by atoms with van der Waals surface area (Å²) in [7, 11) is 1.65. The molecule has 0 aromatic carbocycles. The third-order valence-electron chi connectivity index (χ3n) is 3.93. The molecule has 2 aromatic heterocycles. The van der Waals surface area contributed by atoms with E-state index in [1.165, 1.54) is 10.9 Å². The summed E-state index contributed by atoms with van der Waals surface area (Å²) in [5, 5.41) is 14.4. The van der Waals surface area contributed by atoms with Crippen molar-refractivity contribution in [3.05, 3.63) is 28.3 Å². The SMILES string of the molecule is CCCNC(=O)c1c(NC(=O)C(C)n2nc(C)c(Cl)c2C)cnn1C. The van der Waals surface area contributed by atoms with Crippen LogP contribution in [0, 0.1) is 13.8 Å². The van der Waals surface area contributed by atoms with Crippen molar-refractivity contribution in [2.45, 2.75) is 40.2 Å². The molecule has 136 valence electrons. The van der Waals surface area contributed by atoms with E-state index >= 15 is 0 Å². The van der Waals surface area contributed by atoms with Crippen LogP contribution in [0.3, 0.4) is 0 Å². The summed E-state index contributed by atoms with van der Waals surface area (Å²) in [5.74, 6) is -0.584. The lowest BCUT2D eigenvalue weighted by Crippen LogP contribution is -2.29. The van der Waals surface area contributed by atoms with E-state index in [4.69, 9.17) is 11.6 Å². The van der Waals surface area contributed by atoms with E-state index in [9.17, 15) is 9.59 Å². The van der Waals surface area contributed by atoms with Gasteiger partial charge in [-0.05, 0) is 27.2 Å². The molecule has 0 aliphatic carbocycles. The number of halogens is 1. The van der Waals surface area contributed by atoms with Gasteiger partial charge in [-0.15, -0.1) is 0 Å². The third-order valence-corrected chi connectivity index (χ3v) is 4.48.